The molecule has 0 bridgehead atoms. The van der Waals surface area contributed by atoms with Gasteiger partial charge in [-0.25, -0.2) is 14.6 Å². The first-order valence-corrected chi connectivity index (χ1v) is 3.00. The van der Waals surface area contributed by atoms with Crippen LogP contribution in [0.3, 0.4) is 0 Å². The van der Waals surface area contributed by atoms with Crippen molar-refractivity contribution in [1.82, 2.24) is 0 Å². The van der Waals surface area contributed by atoms with E-state index in [-0.39, 0.29) is 19.4 Å². The van der Waals surface area contributed by atoms with Crippen molar-refractivity contribution in [2.75, 3.05) is 13.3 Å². The van der Waals surface area contributed by atoms with Gasteiger partial charge in [-0.05, 0) is 6.92 Å². The van der Waals surface area contributed by atoms with E-state index in [2.05, 4.69) is 9.98 Å². The molecule has 0 N–H and O–H groups in total. The quantitative estimate of drug-likeness (QED) is 0.416. The van der Waals surface area contributed by atoms with E-state index in [4.69, 9.17) is 4.74 Å². The lowest BCUT2D eigenvalue weighted by Gasteiger charge is -2.04. The van der Waals surface area contributed by atoms with Gasteiger partial charge in [-0.15, -0.1) is 0 Å². The van der Waals surface area contributed by atoms with Crippen molar-refractivity contribution >= 4 is 12.2 Å². The van der Waals surface area contributed by atoms with Crippen LogP contribution in [0.15, 0.2) is 9.98 Å². The highest BCUT2D eigenvalue weighted by Crippen LogP contribution is 1.89. The largest absolute Gasteiger partial charge is 0.353 e. The molecular formula is C6H8N2O3. The maximum absolute atomic E-state index is 9.61. The minimum absolute atomic E-state index is 0.0426. The molecule has 0 saturated carbocycles. The molecule has 0 aromatic heterocycles. The molecule has 0 amide bonds. The second-order valence-corrected chi connectivity index (χ2v) is 1.79. The fraction of sp³-hybridized carbons (Fsp3) is 0.667. The lowest BCUT2D eigenvalue weighted by molar-refractivity contribution is 0.0786. The highest BCUT2D eigenvalue weighted by molar-refractivity contribution is 5.33. The molecule has 0 aliphatic carbocycles. The van der Waals surface area contributed by atoms with E-state index in [0.717, 1.165) is 0 Å². The maximum Gasteiger partial charge on any atom is 0.237 e. The number of carbonyl (C=O) groups excluding carboxylic acids is 2. The Hall–Kier alpha value is -1.28. The summed E-state index contributed by atoms with van der Waals surface area (Å²) in [6.45, 7) is 1.90. The van der Waals surface area contributed by atoms with Gasteiger partial charge in [0.15, 0.2) is 0 Å². The molecule has 0 aliphatic heterocycles. The van der Waals surface area contributed by atoms with Gasteiger partial charge >= 0.3 is 0 Å². The predicted molar refractivity (Wildman–Crippen MR) is 36.5 cm³/mol. The third kappa shape index (κ3) is 6.61. The number of aliphatic imine (C=N–C) groups is 2. The first kappa shape index (κ1) is 9.72. The highest BCUT2D eigenvalue weighted by Gasteiger charge is 1.97. The van der Waals surface area contributed by atoms with Crippen molar-refractivity contribution in [3.8, 4) is 0 Å². The van der Waals surface area contributed by atoms with Crippen LogP contribution in [0.25, 0.3) is 0 Å². The van der Waals surface area contributed by atoms with Gasteiger partial charge in [-0.3, -0.25) is 0 Å². The molecule has 5 nitrogen and oxygen atoms in total. The zero-order valence-electron chi connectivity index (χ0n) is 6.11. The van der Waals surface area contributed by atoms with E-state index in [9.17, 15) is 9.59 Å². The number of ether oxygens (including phenoxy) is 1. The number of nitrogens with zero attached hydrogens (tertiary/aromatic N) is 2. The first-order valence-electron chi connectivity index (χ1n) is 3.00. The molecule has 60 valence electrons. The van der Waals surface area contributed by atoms with E-state index in [1.54, 1.807) is 6.92 Å². The average Bonchev–Trinajstić information content (AvgIpc) is 2.01. The van der Waals surface area contributed by atoms with Crippen LogP contribution in [0.5, 0.6) is 0 Å². The van der Waals surface area contributed by atoms with Crippen LogP contribution in [-0.4, -0.2) is 31.5 Å². The van der Waals surface area contributed by atoms with Crippen molar-refractivity contribution in [2.24, 2.45) is 9.98 Å². The molecule has 5 heteroatoms. The second kappa shape index (κ2) is 6.83. The first-order chi connectivity index (χ1) is 5.31. The predicted octanol–water partition coefficient (Wildman–Crippen LogP) is 0.0206. The molecule has 1 unspecified atom stereocenters. The Kier molecular flexibility index (Phi) is 6.04. The number of hydrogen-bond acceptors (Lipinski definition) is 5. The van der Waals surface area contributed by atoms with Gasteiger partial charge in [0.05, 0.1) is 12.6 Å². The van der Waals surface area contributed by atoms with Crippen molar-refractivity contribution in [3.63, 3.8) is 0 Å². The maximum atomic E-state index is 9.61. The summed E-state index contributed by atoms with van der Waals surface area (Å²) in [5, 5.41) is 0. The second-order valence-electron chi connectivity index (χ2n) is 1.79. The average molecular weight is 156 g/mol. The molecule has 0 saturated heterocycles. The molecule has 0 fully saturated rings. The van der Waals surface area contributed by atoms with Crippen LogP contribution in [0.2, 0.25) is 0 Å². The molecule has 11 heavy (non-hydrogen) atoms. The Balaban J connectivity index is 3.43. The van der Waals surface area contributed by atoms with Crippen LogP contribution in [0.1, 0.15) is 6.92 Å². The Morgan fingerprint density at radius 1 is 1.36 bits per heavy atom. The SMILES string of the molecule is CC(CN=C=O)OCN=C=O. The van der Waals surface area contributed by atoms with Gasteiger partial charge in [0.2, 0.25) is 12.2 Å². The summed E-state index contributed by atoms with van der Waals surface area (Å²) in [7, 11) is 0. The van der Waals surface area contributed by atoms with Gasteiger partial charge < -0.3 is 4.74 Å². The molecule has 0 spiro atoms. The van der Waals surface area contributed by atoms with E-state index in [0.29, 0.717) is 0 Å². The van der Waals surface area contributed by atoms with Crippen molar-refractivity contribution in [2.45, 2.75) is 13.0 Å². The van der Waals surface area contributed by atoms with Gasteiger partial charge in [0, 0.05) is 0 Å². The Bertz CT molecular complexity index is 192. The molecule has 0 aromatic rings. The highest BCUT2D eigenvalue weighted by atomic mass is 16.5. The number of isocyanates is 2. The van der Waals surface area contributed by atoms with E-state index >= 15 is 0 Å². The summed E-state index contributed by atoms with van der Waals surface area (Å²) in [5.74, 6) is 0. The van der Waals surface area contributed by atoms with Gasteiger partial charge in [0.25, 0.3) is 0 Å². The standard InChI is InChI=1S/C6H8N2O3/c1-6(2-7-3-9)11-5-8-4-10/h6H,2,5H2,1H3. The zero-order valence-corrected chi connectivity index (χ0v) is 6.11. The van der Waals surface area contributed by atoms with E-state index in [1.165, 1.54) is 12.2 Å². The Morgan fingerprint density at radius 2 is 2.00 bits per heavy atom. The van der Waals surface area contributed by atoms with Crippen LogP contribution in [0, 0.1) is 0 Å². The topological polar surface area (TPSA) is 68.1 Å². The smallest absolute Gasteiger partial charge is 0.237 e. The minimum Gasteiger partial charge on any atom is -0.353 e. The van der Waals surface area contributed by atoms with Gasteiger partial charge in [-0.1, -0.05) is 0 Å². The fourth-order valence-corrected chi connectivity index (χ4v) is 0.409. The van der Waals surface area contributed by atoms with Crippen molar-refractivity contribution < 1.29 is 14.3 Å². The molecule has 0 heterocycles. The Labute approximate surface area is 63.8 Å². The Morgan fingerprint density at radius 3 is 2.55 bits per heavy atom. The third-order valence-corrected chi connectivity index (χ3v) is 0.901. The molecule has 0 aliphatic rings. The summed E-state index contributed by atoms with van der Waals surface area (Å²) in [5.41, 5.74) is 0. The zero-order chi connectivity index (χ0) is 8.53. The summed E-state index contributed by atoms with van der Waals surface area (Å²) >= 11 is 0. The van der Waals surface area contributed by atoms with Gasteiger partial charge in [0.1, 0.15) is 6.73 Å². The van der Waals surface area contributed by atoms with Crippen molar-refractivity contribution in [3.05, 3.63) is 0 Å². The monoisotopic (exact) mass is 156 g/mol. The van der Waals surface area contributed by atoms with Crippen LogP contribution < -0.4 is 0 Å². The number of hydrogen-bond donors (Lipinski definition) is 0. The van der Waals surface area contributed by atoms with Crippen LogP contribution >= 0.6 is 0 Å². The molecule has 0 rings (SSSR count). The van der Waals surface area contributed by atoms with Crippen LogP contribution in [-0.2, 0) is 14.3 Å². The summed E-state index contributed by atoms with van der Waals surface area (Å²) in [6, 6.07) is 0. The van der Waals surface area contributed by atoms with Crippen molar-refractivity contribution in [1.29, 1.82) is 0 Å². The summed E-state index contributed by atoms with van der Waals surface area (Å²) < 4.78 is 4.88. The molecular weight excluding hydrogens is 148 g/mol. The third-order valence-electron chi connectivity index (χ3n) is 0.901. The minimum atomic E-state index is -0.228. The molecule has 0 radical (unpaired) electrons. The fourth-order valence-electron chi connectivity index (χ4n) is 0.409. The van der Waals surface area contributed by atoms with E-state index in [1.807, 2.05) is 0 Å². The van der Waals surface area contributed by atoms with E-state index < -0.39 is 0 Å². The van der Waals surface area contributed by atoms with Crippen LogP contribution in [0.4, 0.5) is 0 Å². The number of rotatable bonds is 5. The summed E-state index contributed by atoms with van der Waals surface area (Å²) in [4.78, 5) is 25.6. The summed E-state index contributed by atoms with van der Waals surface area (Å²) in [6.07, 6.45) is 2.47. The normalized spacial score (nSPS) is 11.0. The molecule has 0 aromatic carbocycles. The lowest BCUT2D eigenvalue weighted by Crippen LogP contribution is -2.11. The lowest BCUT2D eigenvalue weighted by atomic mass is 10.4. The molecule has 1 atom stereocenters. The van der Waals surface area contributed by atoms with Gasteiger partial charge in [-0.2, -0.15) is 4.99 Å².